The number of hydrogen-bond donors (Lipinski definition) is 1. The third-order valence-corrected chi connectivity index (χ3v) is 6.77. The van der Waals surface area contributed by atoms with E-state index < -0.39 is 4.35 Å². The van der Waals surface area contributed by atoms with Gasteiger partial charge in [-0.2, -0.15) is 0 Å². The molecule has 0 bridgehead atoms. The lowest BCUT2D eigenvalue weighted by molar-refractivity contribution is -0.840. The SMILES string of the molecule is [O-][N+]1(O)P=c2ccc3ccccc3c2=c2c(ccc3ccccc23)=P1. The molecule has 0 amide bonds. The highest BCUT2D eigenvalue weighted by Gasteiger charge is 2.15. The van der Waals surface area contributed by atoms with Gasteiger partial charge in [-0.1, -0.05) is 60.7 Å². The fourth-order valence-electron chi connectivity index (χ4n) is 3.52. The molecule has 1 aliphatic rings. The van der Waals surface area contributed by atoms with Crippen molar-refractivity contribution >= 4 is 38.3 Å². The predicted molar refractivity (Wildman–Crippen MR) is 102 cm³/mol. The standard InChI is InChI=1S/C20H13NO2P2/c22-21(23)24-17-11-9-13-5-1-3-7-15(13)19(17)20-16-8-4-2-6-14(16)10-12-18(20)25-21/h1-12,22H. The summed E-state index contributed by atoms with van der Waals surface area (Å²) in [5.74, 6) is 0. The Kier molecular flexibility index (Phi) is 3.30. The summed E-state index contributed by atoms with van der Waals surface area (Å²) in [5.41, 5.74) is 0. The molecule has 120 valence electrons. The van der Waals surface area contributed by atoms with Gasteiger partial charge in [0.15, 0.2) is 0 Å². The molecule has 1 heterocycles. The molecule has 0 spiro atoms. The highest BCUT2D eigenvalue weighted by molar-refractivity contribution is 7.36. The predicted octanol–water partition coefficient (Wildman–Crippen LogP) is 6.22. The van der Waals surface area contributed by atoms with Gasteiger partial charge < -0.3 is 5.21 Å². The average molecular weight is 361 g/mol. The van der Waals surface area contributed by atoms with E-state index in [9.17, 15) is 10.4 Å². The molecule has 0 saturated carbocycles. The van der Waals surface area contributed by atoms with Gasteiger partial charge in [0.05, 0.1) is 9.88 Å². The normalized spacial score (nSPS) is 20.1. The van der Waals surface area contributed by atoms with Gasteiger partial charge in [-0.15, -0.1) is 4.35 Å². The topological polar surface area (TPSA) is 43.3 Å². The van der Waals surface area contributed by atoms with E-state index >= 15 is 0 Å². The minimum atomic E-state index is -1.32. The van der Waals surface area contributed by atoms with Gasteiger partial charge in [-0.3, -0.25) is 0 Å². The van der Waals surface area contributed by atoms with Crippen LogP contribution in [0.3, 0.4) is 0 Å². The zero-order valence-electron chi connectivity index (χ0n) is 13.1. The van der Waals surface area contributed by atoms with Crippen molar-refractivity contribution < 1.29 is 9.56 Å². The minimum Gasteiger partial charge on any atom is -0.585 e. The Balaban J connectivity index is 2.29. The van der Waals surface area contributed by atoms with Gasteiger partial charge in [-0.25, -0.2) is 5.21 Å². The van der Waals surface area contributed by atoms with Gasteiger partial charge in [0, 0.05) is 10.4 Å². The monoisotopic (exact) mass is 361 g/mol. The van der Waals surface area contributed by atoms with Gasteiger partial charge in [0.25, 0.3) is 0 Å². The fraction of sp³-hybridized carbons (Fsp3) is 0. The lowest BCUT2D eigenvalue weighted by atomic mass is 10.0. The second kappa shape index (κ2) is 5.44. The summed E-state index contributed by atoms with van der Waals surface area (Å²) >= 11 is 0. The maximum atomic E-state index is 12.6. The molecule has 0 unspecified atom stereocenters. The number of benzene rings is 4. The molecule has 1 aliphatic heterocycles. The zero-order chi connectivity index (χ0) is 17.0. The lowest BCUT2D eigenvalue weighted by Crippen LogP contribution is -2.11. The van der Waals surface area contributed by atoms with Crippen molar-refractivity contribution in [3.63, 3.8) is 0 Å². The summed E-state index contributed by atoms with van der Waals surface area (Å²) in [7, 11) is 0.689. The molecular weight excluding hydrogens is 348 g/mol. The second-order valence-electron chi connectivity index (χ2n) is 6.07. The molecule has 0 fully saturated rings. The summed E-state index contributed by atoms with van der Waals surface area (Å²) in [6, 6.07) is 24.4. The number of rotatable bonds is 0. The van der Waals surface area contributed by atoms with E-state index in [-0.39, 0.29) is 0 Å². The average Bonchev–Trinajstić information content (AvgIpc) is 2.73. The Morgan fingerprint density at radius 3 is 1.56 bits per heavy atom. The van der Waals surface area contributed by atoms with Crippen LogP contribution in [0.1, 0.15) is 0 Å². The summed E-state index contributed by atoms with van der Waals surface area (Å²) in [6.07, 6.45) is 0. The van der Waals surface area contributed by atoms with Crippen LogP contribution in [0.4, 0.5) is 0 Å². The largest absolute Gasteiger partial charge is 0.585 e. The van der Waals surface area contributed by atoms with E-state index in [0.29, 0.717) is 16.7 Å². The zero-order valence-corrected chi connectivity index (χ0v) is 14.9. The van der Waals surface area contributed by atoms with Crippen LogP contribution in [0.5, 0.6) is 0 Å². The third kappa shape index (κ3) is 2.41. The van der Waals surface area contributed by atoms with Crippen LogP contribution in [0.2, 0.25) is 0 Å². The molecule has 5 rings (SSSR count). The Morgan fingerprint density at radius 1 is 0.640 bits per heavy atom. The van der Waals surface area contributed by atoms with Crippen molar-refractivity contribution in [2.24, 2.45) is 0 Å². The summed E-state index contributed by atoms with van der Waals surface area (Å²) in [5, 5.41) is 29.6. The molecule has 3 nitrogen and oxygen atoms in total. The first kappa shape index (κ1) is 15.2. The van der Waals surface area contributed by atoms with Crippen LogP contribution in [0.15, 0.2) is 72.8 Å². The third-order valence-electron chi connectivity index (χ3n) is 4.54. The van der Waals surface area contributed by atoms with Crippen LogP contribution >= 0.6 is 16.7 Å². The molecular formula is C20H13NO2P2. The van der Waals surface area contributed by atoms with E-state index in [1.54, 1.807) is 0 Å². The maximum absolute atomic E-state index is 12.6. The summed E-state index contributed by atoms with van der Waals surface area (Å²) < 4.78 is -1.32. The van der Waals surface area contributed by atoms with E-state index in [2.05, 4.69) is 24.3 Å². The molecule has 0 saturated heterocycles. The van der Waals surface area contributed by atoms with Crippen molar-refractivity contribution in [3.05, 3.63) is 98.3 Å². The highest BCUT2D eigenvalue weighted by atomic mass is 31.1. The molecule has 4 aromatic rings. The Bertz CT molecular complexity index is 1280. The Morgan fingerprint density at radius 2 is 1.08 bits per heavy atom. The number of fused-ring (bicyclic) bond motifs is 6. The Hall–Kier alpha value is -2.12. The smallest absolute Gasteiger partial charge is 0.210 e. The molecule has 0 radical (unpaired) electrons. The fourth-order valence-corrected chi connectivity index (χ4v) is 5.78. The van der Waals surface area contributed by atoms with E-state index in [4.69, 9.17) is 0 Å². The highest BCUT2D eigenvalue weighted by Crippen LogP contribution is 2.37. The van der Waals surface area contributed by atoms with Gasteiger partial charge in [0.2, 0.25) is 16.7 Å². The molecule has 25 heavy (non-hydrogen) atoms. The molecule has 4 aromatic carbocycles. The molecule has 5 heteroatoms. The van der Waals surface area contributed by atoms with Gasteiger partial charge in [0.1, 0.15) is 0 Å². The first-order valence-electron chi connectivity index (χ1n) is 7.96. The van der Waals surface area contributed by atoms with E-state index in [1.807, 2.05) is 48.5 Å². The number of quaternary nitrogens is 1. The molecule has 0 atom stereocenters. The van der Waals surface area contributed by atoms with Crippen molar-refractivity contribution in [2.75, 3.05) is 0 Å². The minimum absolute atomic E-state index is 0.344. The van der Waals surface area contributed by atoms with Gasteiger partial charge in [-0.05, 0) is 33.7 Å². The van der Waals surface area contributed by atoms with Crippen molar-refractivity contribution in [1.29, 1.82) is 0 Å². The van der Waals surface area contributed by atoms with Crippen LogP contribution in [0, 0.1) is 25.5 Å². The maximum Gasteiger partial charge on any atom is 0.210 e. The number of hydrogen-bond acceptors (Lipinski definition) is 2. The van der Waals surface area contributed by atoms with E-state index in [1.165, 1.54) is 0 Å². The molecule has 0 aliphatic carbocycles. The summed E-state index contributed by atoms with van der Waals surface area (Å²) in [4.78, 5) is 1.72. The van der Waals surface area contributed by atoms with E-state index in [0.717, 1.165) is 41.9 Å². The number of nitrogens with zero attached hydrogens (tertiary/aromatic N) is 1. The van der Waals surface area contributed by atoms with Crippen LogP contribution in [-0.4, -0.2) is 9.56 Å². The van der Waals surface area contributed by atoms with Crippen LogP contribution < -0.4 is 0 Å². The lowest BCUT2D eigenvalue weighted by Gasteiger charge is -2.20. The quantitative estimate of drug-likeness (QED) is 0.298. The van der Waals surface area contributed by atoms with Crippen molar-refractivity contribution in [1.82, 2.24) is 0 Å². The molecule has 0 aromatic heterocycles. The Labute approximate surface area is 146 Å². The van der Waals surface area contributed by atoms with Crippen LogP contribution in [0.25, 0.3) is 21.5 Å². The van der Waals surface area contributed by atoms with Crippen LogP contribution in [-0.2, 0) is 0 Å². The first-order chi connectivity index (χ1) is 12.1. The van der Waals surface area contributed by atoms with Crippen molar-refractivity contribution in [3.8, 4) is 0 Å². The molecule has 1 N–H and O–H groups in total. The van der Waals surface area contributed by atoms with Crippen molar-refractivity contribution in [2.45, 2.75) is 0 Å². The second-order valence-corrected chi connectivity index (χ2v) is 8.84. The summed E-state index contributed by atoms with van der Waals surface area (Å²) in [6.45, 7) is 0. The first-order valence-corrected chi connectivity index (χ1v) is 9.65. The van der Waals surface area contributed by atoms with Gasteiger partial charge >= 0.3 is 0 Å².